The van der Waals surface area contributed by atoms with Gasteiger partial charge in [0.25, 0.3) is 0 Å². The standard InChI is InChI=1S/C26H22F3NO3/c1-31-23-11-8-20(16-30-13-12-17-4-2-3-5-19(17)15-30)22-14-24(32-25(22)23)18-6-9-21(10-7-18)33-26(27,28)29/h2-11,14H,12-13,15-16H2,1H3. The molecule has 1 aliphatic heterocycles. The minimum absolute atomic E-state index is 0.272. The molecule has 170 valence electrons. The number of hydrogen-bond donors (Lipinski definition) is 0. The van der Waals surface area contributed by atoms with E-state index >= 15 is 0 Å². The fourth-order valence-electron chi connectivity index (χ4n) is 4.35. The molecule has 0 radical (unpaired) electrons. The van der Waals surface area contributed by atoms with Crippen LogP contribution in [0.15, 0.2) is 71.1 Å². The van der Waals surface area contributed by atoms with E-state index in [1.54, 1.807) is 19.2 Å². The zero-order valence-electron chi connectivity index (χ0n) is 18.0. The van der Waals surface area contributed by atoms with Gasteiger partial charge in [0.15, 0.2) is 11.3 Å². The molecule has 0 amide bonds. The molecule has 4 nitrogen and oxygen atoms in total. The summed E-state index contributed by atoms with van der Waals surface area (Å²) in [4.78, 5) is 2.40. The second-order valence-corrected chi connectivity index (χ2v) is 8.08. The van der Waals surface area contributed by atoms with Gasteiger partial charge in [-0.1, -0.05) is 30.3 Å². The summed E-state index contributed by atoms with van der Waals surface area (Å²) < 4.78 is 52.9. The van der Waals surface area contributed by atoms with Gasteiger partial charge in [-0.15, -0.1) is 13.2 Å². The van der Waals surface area contributed by atoms with Gasteiger partial charge in [0.1, 0.15) is 11.5 Å². The van der Waals surface area contributed by atoms with Crippen molar-refractivity contribution < 1.29 is 27.1 Å². The molecule has 0 aliphatic carbocycles. The number of rotatable bonds is 5. The van der Waals surface area contributed by atoms with E-state index in [9.17, 15) is 13.2 Å². The fraction of sp³-hybridized carbons (Fsp3) is 0.231. The number of methoxy groups -OCH3 is 1. The monoisotopic (exact) mass is 453 g/mol. The Morgan fingerprint density at radius 3 is 2.45 bits per heavy atom. The minimum atomic E-state index is -4.72. The lowest BCUT2D eigenvalue weighted by atomic mass is 9.99. The van der Waals surface area contributed by atoms with Crippen LogP contribution >= 0.6 is 0 Å². The molecular weight excluding hydrogens is 431 g/mol. The Kier molecular flexibility index (Phi) is 5.50. The van der Waals surface area contributed by atoms with Gasteiger partial charge in [-0.3, -0.25) is 4.90 Å². The van der Waals surface area contributed by atoms with Gasteiger partial charge in [0.2, 0.25) is 0 Å². The second kappa shape index (κ2) is 8.48. The molecular formula is C26H22F3NO3. The first-order chi connectivity index (χ1) is 15.9. The Balaban J connectivity index is 1.44. The van der Waals surface area contributed by atoms with Crippen molar-refractivity contribution in [1.29, 1.82) is 0 Å². The van der Waals surface area contributed by atoms with Gasteiger partial charge in [-0.25, -0.2) is 0 Å². The SMILES string of the molecule is COc1ccc(CN2CCc3ccccc3C2)c2cc(-c3ccc(OC(F)(F)F)cc3)oc12. The van der Waals surface area contributed by atoms with Crippen molar-refractivity contribution in [1.82, 2.24) is 4.90 Å². The lowest BCUT2D eigenvalue weighted by Gasteiger charge is -2.29. The average Bonchev–Trinajstić information content (AvgIpc) is 3.25. The van der Waals surface area contributed by atoms with Crippen LogP contribution in [-0.2, 0) is 19.5 Å². The number of halogens is 3. The molecule has 7 heteroatoms. The molecule has 33 heavy (non-hydrogen) atoms. The molecule has 1 aliphatic rings. The maximum atomic E-state index is 12.4. The van der Waals surface area contributed by atoms with E-state index in [0.717, 1.165) is 37.0 Å². The highest BCUT2D eigenvalue weighted by molar-refractivity contribution is 5.90. The molecule has 0 atom stereocenters. The van der Waals surface area contributed by atoms with Crippen molar-refractivity contribution in [3.8, 4) is 22.8 Å². The van der Waals surface area contributed by atoms with E-state index in [-0.39, 0.29) is 5.75 Å². The number of benzene rings is 3. The molecule has 0 fully saturated rings. The Morgan fingerprint density at radius 2 is 1.73 bits per heavy atom. The summed E-state index contributed by atoms with van der Waals surface area (Å²) in [5, 5.41) is 0.929. The maximum absolute atomic E-state index is 12.4. The van der Waals surface area contributed by atoms with Crippen molar-refractivity contribution in [2.24, 2.45) is 0 Å². The summed E-state index contributed by atoms with van der Waals surface area (Å²) in [5.41, 5.74) is 5.13. The zero-order valence-corrected chi connectivity index (χ0v) is 18.0. The topological polar surface area (TPSA) is 34.8 Å². The molecule has 0 unspecified atom stereocenters. The van der Waals surface area contributed by atoms with Gasteiger partial charge < -0.3 is 13.9 Å². The third kappa shape index (κ3) is 4.54. The predicted molar refractivity (Wildman–Crippen MR) is 119 cm³/mol. The van der Waals surface area contributed by atoms with Crippen molar-refractivity contribution in [2.45, 2.75) is 25.9 Å². The minimum Gasteiger partial charge on any atom is -0.493 e. The van der Waals surface area contributed by atoms with E-state index in [0.29, 0.717) is 22.7 Å². The number of alkyl halides is 3. The summed E-state index contributed by atoms with van der Waals surface area (Å²) >= 11 is 0. The molecule has 1 aromatic heterocycles. The highest BCUT2D eigenvalue weighted by Crippen LogP contribution is 2.37. The lowest BCUT2D eigenvalue weighted by molar-refractivity contribution is -0.274. The number of fused-ring (bicyclic) bond motifs is 2. The van der Waals surface area contributed by atoms with Crippen LogP contribution < -0.4 is 9.47 Å². The summed E-state index contributed by atoms with van der Waals surface area (Å²) in [6.45, 7) is 2.61. The smallest absolute Gasteiger partial charge is 0.493 e. The van der Waals surface area contributed by atoms with Crippen LogP contribution in [0.5, 0.6) is 11.5 Å². The molecule has 0 saturated carbocycles. The molecule has 0 saturated heterocycles. The Morgan fingerprint density at radius 1 is 0.970 bits per heavy atom. The van der Waals surface area contributed by atoms with Crippen LogP contribution in [0.4, 0.5) is 13.2 Å². The van der Waals surface area contributed by atoms with Gasteiger partial charge in [0, 0.05) is 30.6 Å². The molecule has 4 aromatic rings. The van der Waals surface area contributed by atoms with Crippen molar-refractivity contribution in [2.75, 3.05) is 13.7 Å². The maximum Gasteiger partial charge on any atom is 0.573 e. The summed E-state index contributed by atoms with van der Waals surface area (Å²) in [6, 6.07) is 20.0. The molecule has 3 aromatic carbocycles. The number of nitrogens with zero attached hydrogens (tertiary/aromatic N) is 1. The molecule has 2 heterocycles. The zero-order chi connectivity index (χ0) is 23.0. The number of furan rings is 1. The van der Waals surface area contributed by atoms with E-state index in [1.807, 2.05) is 18.2 Å². The van der Waals surface area contributed by atoms with Crippen LogP contribution in [0.1, 0.15) is 16.7 Å². The summed E-state index contributed by atoms with van der Waals surface area (Å²) in [5.74, 6) is 0.894. The van der Waals surface area contributed by atoms with E-state index < -0.39 is 6.36 Å². The first-order valence-electron chi connectivity index (χ1n) is 10.6. The van der Waals surface area contributed by atoms with Crippen LogP contribution in [-0.4, -0.2) is 24.9 Å². The van der Waals surface area contributed by atoms with Crippen LogP contribution in [0.25, 0.3) is 22.3 Å². The van der Waals surface area contributed by atoms with E-state index in [1.165, 1.54) is 23.3 Å². The van der Waals surface area contributed by atoms with Crippen LogP contribution in [0.2, 0.25) is 0 Å². The molecule has 0 N–H and O–H groups in total. The Hall–Kier alpha value is -3.45. The first kappa shape index (κ1) is 21.4. The highest BCUT2D eigenvalue weighted by Gasteiger charge is 2.31. The van der Waals surface area contributed by atoms with Crippen molar-refractivity contribution in [3.05, 3.63) is 83.4 Å². The van der Waals surface area contributed by atoms with Crippen LogP contribution in [0.3, 0.4) is 0 Å². The van der Waals surface area contributed by atoms with E-state index in [4.69, 9.17) is 9.15 Å². The first-order valence-corrected chi connectivity index (χ1v) is 10.6. The number of ether oxygens (including phenoxy) is 2. The Bertz CT molecular complexity index is 1280. The van der Waals surface area contributed by atoms with Gasteiger partial charge in [-0.2, -0.15) is 0 Å². The molecule has 0 spiro atoms. The van der Waals surface area contributed by atoms with Crippen molar-refractivity contribution >= 4 is 11.0 Å². The molecule has 0 bridgehead atoms. The average molecular weight is 453 g/mol. The third-order valence-corrected chi connectivity index (χ3v) is 5.93. The Labute approximate surface area is 189 Å². The van der Waals surface area contributed by atoms with Gasteiger partial charge >= 0.3 is 6.36 Å². The summed E-state index contributed by atoms with van der Waals surface area (Å²) in [7, 11) is 1.58. The van der Waals surface area contributed by atoms with Crippen LogP contribution in [0, 0.1) is 0 Å². The predicted octanol–water partition coefficient (Wildman–Crippen LogP) is 6.57. The lowest BCUT2D eigenvalue weighted by Crippen LogP contribution is -2.30. The fourth-order valence-corrected chi connectivity index (χ4v) is 4.35. The second-order valence-electron chi connectivity index (χ2n) is 8.08. The normalized spacial score (nSPS) is 14.3. The highest BCUT2D eigenvalue weighted by atomic mass is 19.4. The quantitative estimate of drug-likeness (QED) is 0.343. The number of hydrogen-bond acceptors (Lipinski definition) is 4. The molecule has 5 rings (SSSR count). The third-order valence-electron chi connectivity index (χ3n) is 5.93. The van der Waals surface area contributed by atoms with Crippen molar-refractivity contribution in [3.63, 3.8) is 0 Å². The summed E-state index contributed by atoms with van der Waals surface area (Å²) in [6.07, 6.45) is -3.71. The van der Waals surface area contributed by atoms with Gasteiger partial charge in [0.05, 0.1) is 7.11 Å². The van der Waals surface area contributed by atoms with E-state index in [2.05, 4.69) is 33.9 Å². The van der Waals surface area contributed by atoms with Gasteiger partial charge in [-0.05, 0) is 59.5 Å². The largest absolute Gasteiger partial charge is 0.573 e.